The van der Waals surface area contributed by atoms with Crippen LogP contribution in [0.3, 0.4) is 0 Å². The Morgan fingerprint density at radius 2 is 2.03 bits per heavy atom. The molecule has 192 valence electrons. The summed E-state index contributed by atoms with van der Waals surface area (Å²) >= 11 is 0. The van der Waals surface area contributed by atoms with Gasteiger partial charge in [-0.2, -0.15) is 5.26 Å². The number of aromatic nitrogens is 4. The van der Waals surface area contributed by atoms with Gasteiger partial charge in [0.15, 0.2) is 5.84 Å². The number of nitrogens with one attached hydrogen (secondary N) is 1. The van der Waals surface area contributed by atoms with E-state index in [4.69, 9.17) is 20.9 Å². The highest BCUT2D eigenvalue weighted by molar-refractivity contribution is 6.01. The second kappa shape index (κ2) is 11.8. The average molecular weight is 512 g/mol. The van der Waals surface area contributed by atoms with Crippen LogP contribution in [-0.2, 0) is 4.79 Å². The fourth-order valence-corrected chi connectivity index (χ4v) is 4.92. The Kier molecular flexibility index (Phi) is 8.13. The maximum Gasteiger partial charge on any atom is 0.204 e. The van der Waals surface area contributed by atoms with E-state index in [9.17, 15) is 9.65 Å². The SMILES string of the molecule is N#Cc1ccccc1-c1nc2cnc(C(N)=NC=N)cc2n1C1CCCC(c2cc(F)ccn2)C1.NC=O. The van der Waals surface area contributed by atoms with E-state index in [0.717, 1.165) is 48.8 Å². The maximum atomic E-state index is 13.9. The number of nitriles is 1. The van der Waals surface area contributed by atoms with Crippen molar-refractivity contribution in [3.63, 3.8) is 0 Å². The minimum absolute atomic E-state index is 0.0433. The lowest BCUT2D eigenvalue weighted by molar-refractivity contribution is -0.106. The van der Waals surface area contributed by atoms with Gasteiger partial charge < -0.3 is 16.0 Å². The first-order valence-corrected chi connectivity index (χ1v) is 12.0. The third-order valence-corrected chi connectivity index (χ3v) is 6.50. The molecule has 2 atom stereocenters. The Labute approximate surface area is 218 Å². The van der Waals surface area contributed by atoms with Gasteiger partial charge >= 0.3 is 0 Å². The standard InChI is InChI=1S/C26H23FN8.CH3NO/c27-18-8-9-31-21(11-18)16-5-3-6-19(10-16)35-24-12-22(25(30)33-15-29)32-14-23(24)34-26(35)20-7-2-1-4-17(20)13-28;2-1-3/h1-2,4,7-9,11-12,14-16,19H,3,5-6,10H2,(H3,29,30,33);1H,(H2,2,3). The second-order valence-corrected chi connectivity index (χ2v) is 8.72. The van der Waals surface area contributed by atoms with Gasteiger partial charge in [0, 0.05) is 29.4 Å². The molecule has 3 heterocycles. The number of halogens is 1. The van der Waals surface area contributed by atoms with Crippen molar-refractivity contribution >= 4 is 29.6 Å². The van der Waals surface area contributed by atoms with Crippen LogP contribution >= 0.6 is 0 Å². The van der Waals surface area contributed by atoms with Gasteiger partial charge in [0.1, 0.15) is 29.2 Å². The number of nitrogens with two attached hydrogens (primary N) is 2. The molecule has 2 unspecified atom stereocenters. The molecule has 1 aliphatic rings. The Morgan fingerprint density at radius 1 is 1.24 bits per heavy atom. The lowest BCUT2D eigenvalue weighted by Gasteiger charge is -2.31. The lowest BCUT2D eigenvalue weighted by atomic mass is 9.83. The summed E-state index contributed by atoms with van der Waals surface area (Å²) in [6.45, 7) is 0. The quantitative estimate of drug-likeness (QED) is 0.209. The molecule has 38 heavy (non-hydrogen) atoms. The summed E-state index contributed by atoms with van der Waals surface area (Å²) in [6.07, 6.45) is 7.81. The minimum atomic E-state index is -0.287. The van der Waals surface area contributed by atoms with Crippen LogP contribution in [0.15, 0.2) is 59.9 Å². The number of primary amides is 1. The van der Waals surface area contributed by atoms with Gasteiger partial charge in [-0.05, 0) is 49.6 Å². The van der Waals surface area contributed by atoms with E-state index in [0.29, 0.717) is 22.6 Å². The van der Waals surface area contributed by atoms with E-state index >= 15 is 0 Å². The van der Waals surface area contributed by atoms with Crippen molar-refractivity contribution in [1.29, 1.82) is 10.7 Å². The smallest absolute Gasteiger partial charge is 0.204 e. The summed E-state index contributed by atoms with van der Waals surface area (Å²) in [4.78, 5) is 26.1. The fourth-order valence-electron chi connectivity index (χ4n) is 4.92. The van der Waals surface area contributed by atoms with Crippen molar-refractivity contribution in [1.82, 2.24) is 19.5 Å². The van der Waals surface area contributed by atoms with Crippen LogP contribution in [0.5, 0.6) is 0 Å². The third-order valence-electron chi connectivity index (χ3n) is 6.50. The average Bonchev–Trinajstić information content (AvgIpc) is 3.32. The number of rotatable bonds is 5. The molecule has 1 aliphatic carbocycles. The molecule has 1 aromatic carbocycles. The summed E-state index contributed by atoms with van der Waals surface area (Å²) in [6, 6.07) is 14.4. The molecule has 4 aromatic rings. The zero-order valence-corrected chi connectivity index (χ0v) is 20.5. The molecule has 0 saturated heterocycles. The second-order valence-electron chi connectivity index (χ2n) is 8.72. The molecular weight excluding hydrogens is 485 g/mol. The predicted molar refractivity (Wildman–Crippen MR) is 142 cm³/mol. The largest absolute Gasteiger partial charge is 0.382 e. The lowest BCUT2D eigenvalue weighted by Crippen LogP contribution is -2.20. The topological polar surface area (TPSA) is 173 Å². The van der Waals surface area contributed by atoms with Gasteiger partial charge in [-0.3, -0.25) is 20.2 Å². The molecule has 0 radical (unpaired) electrons. The minimum Gasteiger partial charge on any atom is -0.382 e. The normalized spacial score (nSPS) is 17.2. The van der Waals surface area contributed by atoms with Crippen LogP contribution in [0.1, 0.15) is 54.6 Å². The molecule has 5 rings (SSSR count). The molecule has 5 N–H and O–H groups in total. The van der Waals surface area contributed by atoms with E-state index < -0.39 is 0 Å². The first-order chi connectivity index (χ1) is 18.5. The number of imidazole rings is 1. The van der Waals surface area contributed by atoms with Crippen LogP contribution < -0.4 is 11.5 Å². The van der Waals surface area contributed by atoms with Crippen molar-refractivity contribution in [2.75, 3.05) is 0 Å². The zero-order valence-electron chi connectivity index (χ0n) is 20.5. The number of carbonyl (C=O) groups is 1. The number of amidine groups is 1. The van der Waals surface area contributed by atoms with E-state index in [-0.39, 0.29) is 30.0 Å². The first-order valence-electron chi connectivity index (χ1n) is 12.0. The Balaban J connectivity index is 0.00000107. The highest BCUT2D eigenvalue weighted by Crippen LogP contribution is 2.42. The van der Waals surface area contributed by atoms with Crippen LogP contribution in [-0.4, -0.2) is 38.1 Å². The van der Waals surface area contributed by atoms with E-state index in [1.54, 1.807) is 12.3 Å². The summed E-state index contributed by atoms with van der Waals surface area (Å²) < 4.78 is 16.1. The van der Waals surface area contributed by atoms with E-state index in [1.807, 2.05) is 24.3 Å². The van der Waals surface area contributed by atoms with Crippen LogP contribution in [0.4, 0.5) is 4.39 Å². The van der Waals surface area contributed by atoms with Gasteiger partial charge in [-0.15, -0.1) is 0 Å². The number of nitrogens with zero attached hydrogens (tertiary/aromatic N) is 6. The van der Waals surface area contributed by atoms with Crippen molar-refractivity contribution in [3.05, 3.63) is 77.6 Å². The summed E-state index contributed by atoms with van der Waals surface area (Å²) in [5, 5.41) is 17.0. The van der Waals surface area contributed by atoms with Gasteiger partial charge in [0.25, 0.3) is 0 Å². The third kappa shape index (κ3) is 5.39. The molecular formula is C27H26FN9O. The predicted octanol–water partition coefficient (Wildman–Crippen LogP) is 3.82. The summed E-state index contributed by atoms with van der Waals surface area (Å²) in [7, 11) is 0. The van der Waals surface area contributed by atoms with E-state index in [2.05, 4.69) is 31.3 Å². The Morgan fingerprint density at radius 3 is 2.76 bits per heavy atom. The van der Waals surface area contributed by atoms with Gasteiger partial charge in [0.2, 0.25) is 6.41 Å². The Bertz CT molecular complexity index is 1540. The maximum absolute atomic E-state index is 13.9. The molecule has 1 saturated carbocycles. The molecule has 1 amide bonds. The molecule has 0 bridgehead atoms. The molecule has 0 aliphatic heterocycles. The monoisotopic (exact) mass is 511 g/mol. The van der Waals surface area contributed by atoms with Crippen molar-refractivity contribution in [2.45, 2.75) is 37.6 Å². The van der Waals surface area contributed by atoms with Gasteiger partial charge in [0.05, 0.1) is 23.3 Å². The van der Waals surface area contributed by atoms with Crippen LogP contribution in [0, 0.1) is 22.6 Å². The van der Waals surface area contributed by atoms with Crippen molar-refractivity contribution in [2.24, 2.45) is 16.5 Å². The molecule has 10 nitrogen and oxygen atoms in total. The number of fused-ring (bicyclic) bond motifs is 1. The number of carbonyl (C=O) groups excluding carboxylic acids is 1. The fraction of sp³-hybridized carbons (Fsp3) is 0.222. The number of amides is 1. The zero-order chi connectivity index (χ0) is 27.1. The van der Waals surface area contributed by atoms with Crippen molar-refractivity contribution in [3.8, 4) is 17.5 Å². The Hall–Kier alpha value is -4.98. The first kappa shape index (κ1) is 26.1. The summed E-state index contributed by atoms with van der Waals surface area (Å²) in [5.74, 6) is 0.632. The van der Waals surface area contributed by atoms with Crippen molar-refractivity contribution < 1.29 is 9.18 Å². The molecule has 1 fully saturated rings. The van der Waals surface area contributed by atoms with Crippen LogP contribution in [0.25, 0.3) is 22.4 Å². The molecule has 3 aromatic heterocycles. The number of aliphatic imine (C=N–C) groups is 1. The number of hydrogen-bond donors (Lipinski definition) is 3. The summed E-state index contributed by atoms with van der Waals surface area (Å²) in [5.41, 5.74) is 14.1. The van der Waals surface area contributed by atoms with Gasteiger partial charge in [-0.25, -0.2) is 14.4 Å². The molecule has 11 heteroatoms. The van der Waals surface area contributed by atoms with Gasteiger partial charge in [-0.1, -0.05) is 18.6 Å². The highest BCUT2D eigenvalue weighted by Gasteiger charge is 2.29. The van der Waals surface area contributed by atoms with E-state index in [1.165, 1.54) is 18.3 Å². The molecule has 0 spiro atoms. The number of pyridine rings is 2. The number of hydrogen-bond acceptors (Lipinski definition) is 6. The highest BCUT2D eigenvalue weighted by atomic mass is 19.1. The van der Waals surface area contributed by atoms with Crippen LogP contribution in [0.2, 0.25) is 0 Å². The number of benzene rings is 1.